The normalized spacial score (nSPS) is 20.8. The summed E-state index contributed by atoms with van der Waals surface area (Å²) in [6.45, 7) is 4.07. The minimum Gasteiger partial charge on any atom is -0.466 e. The number of nitrogens with one attached hydrogen (secondary N) is 2. The van der Waals surface area contributed by atoms with E-state index in [0.717, 1.165) is 38.6 Å². The lowest BCUT2D eigenvalue weighted by molar-refractivity contribution is -0.150. The van der Waals surface area contributed by atoms with Crippen LogP contribution in [0.3, 0.4) is 0 Å². The molecule has 0 radical (unpaired) electrons. The zero-order chi connectivity index (χ0) is 18.8. The van der Waals surface area contributed by atoms with Gasteiger partial charge in [0, 0.05) is 13.1 Å². The quantitative estimate of drug-likeness (QED) is 0.532. The van der Waals surface area contributed by atoms with E-state index in [2.05, 4.69) is 16.7 Å². The Balaban J connectivity index is 1.64. The summed E-state index contributed by atoms with van der Waals surface area (Å²) in [5, 5.41) is 5.11. The second-order valence-corrected chi connectivity index (χ2v) is 6.99. The Hall–Kier alpha value is -1.89. The lowest BCUT2D eigenvalue weighted by Crippen LogP contribution is -2.48. The Kier molecular flexibility index (Phi) is 8.61. The highest BCUT2D eigenvalue weighted by Crippen LogP contribution is 2.19. The topological polar surface area (TPSA) is 87.7 Å². The predicted octanol–water partition coefficient (Wildman–Crippen LogP) is 1.98. The van der Waals surface area contributed by atoms with Gasteiger partial charge in [0.25, 0.3) is 0 Å². The average molecular weight is 365 g/mol. The van der Waals surface area contributed by atoms with Gasteiger partial charge < -0.3 is 10.1 Å². The van der Waals surface area contributed by atoms with Gasteiger partial charge in [0.15, 0.2) is 0 Å². The van der Waals surface area contributed by atoms with Crippen molar-refractivity contribution in [3.05, 3.63) is 11.6 Å². The molecule has 3 amide bonds. The zero-order valence-electron chi connectivity index (χ0n) is 15.7. The molecule has 7 heteroatoms. The number of ether oxygens (including phenoxy) is 1. The number of carbonyl (C=O) groups is 3. The number of rotatable bonds is 7. The maximum Gasteiger partial charge on any atom is 0.321 e. The van der Waals surface area contributed by atoms with Crippen molar-refractivity contribution in [1.29, 1.82) is 0 Å². The maximum atomic E-state index is 12.0. The first-order valence-corrected chi connectivity index (χ1v) is 9.73. The first kappa shape index (κ1) is 20.4. The number of likely N-dealkylation sites (tertiary alicyclic amines) is 1. The van der Waals surface area contributed by atoms with Crippen LogP contribution >= 0.6 is 0 Å². The Morgan fingerprint density at radius 1 is 1.27 bits per heavy atom. The van der Waals surface area contributed by atoms with Crippen LogP contribution in [0.2, 0.25) is 0 Å². The molecule has 0 unspecified atom stereocenters. The number of carbonyl (C=O) groups excluding carboxylic acids is 3. The molecule has 1 saturated heterocycles. The molecule has 1 atom stereocenters. The van der Waals surface area contributed by atoms with Crippen LogP contribution in [-0.2, 0) is 14.3 Å². The third-order valence-corrected chi connectivity index (χ3v) is 4.86. The van der Waals surface area contributed by atoms with E-state index >= 15 is 0 Å². The zero-order valence-corrected chi connectivity index (χ0v) is 15.7. The molecule has 26 heavy (non-hydrogen) atoms. The van der Waals surface area contributed by atoms with Crippen molar-refractivity contribution in [2.24, 2.45) is 5.92 Å². The Morgan fingerprint density at radius 3 is 2.85 bits per heavy atom. The van der Waals surface area contributed by atoms with Crippen LogP contribution in [0.15, 0.2) is 11.6 Å². The van der Waals surface area contributed by atoms with Gasteiger partial charge in [-0.1, -0.05) is 11.6 Å². The molecule has 1 aliphatic heterocycles. The number of piperidine rings is 1. The van der Waals surface area contributed by atoms with Crippen LogP contribution < -0.4 is 10.6 Å². The number of nitrogens with zero attached hydrogens (tertiary/aromatic N) is 1. The van der Waals surface area contributed by atoms with E-state index in [1.807, 2.05) is 4.90 Å². The number of allylic oxidation sites excluding steroid dienone is 1. The van der Waals surface area contributed by atoms with E-state index in [1.54, 1.807) is 6.92 Å². The van der Waals surface area contributed by atoms with Crippen molar-refractivity contribution in [3.8, 4) is 0 Å². The summed E-state index contributed by atoms with van der Waals surface area (Å²) < 4.78 is 5.06. The molecular weight excluding hydrogens is 334 g/mol. The van der Waals surface area contributed by atoms with Gasteiger partial charge in [0.2, 0.25) is 5.91 Å². The highest BCUT2D eigenvalue weighted by atomic mass is 16.5. The largest absolute Gasteiger partial charge is 0.466 e. The molecule has 0 bridgehead atoms. The van der Waals surface area contributed by atoms with Crippen molar-refractivity contribution in [2.75, 3.05) is 32.8 Å². The van der Waals surface area contributed by atoms with Gasteiger partial charge >= 0.3 is 12.0 Å². The van der Waals surface area contributed by atoms with E-state index in [0.29, 0.717) is 19.7 Å². The van der Waals surface area contributed by atoms with Crippen LogP contribution in [-0.4, -0.2) is 55.6 Å². The van der Waals surface area contributed by atoms with E-state index in [4.69, 9.17) is 4.74 Å². The van der Waals surface area contributed by atoms with E-state index < -0.39 is 6.03 Å². The summed E-state index contributed by atoms with van der Waals surface area (Å²) in [4.78, 5) is 37.6. The molecule has 1 heterocycles. The number of imide groups is 1. The van der Waals surface area contributed by atoms with Crippen molar-refractivity contribution >= 4 is 17.9 Å². The van der Waals surface area contributed by atoms with Crippen molar-refractivity contribution in [3.63, 3.8) is 0 Å². The molecule has 2 rings (SSSR count). The molecule has 1 fully saturated rings. The summed E-state index contributed by atoms with van der Waals surface area (Å²) in [5.41, 5.74) is 1.39. The molecule has 7 nitrogen and oxygen atoms in total. The second kappa shape index (κ2) is 11.0. The third kappa shape index (κ3) is 7.15. The van der Waals surface area contributed by atoms with Gasteiger partial charge in [-0.25, -0.2) is 4.79 Å². The van der Waals surface area contributed by atoms with Crippen molar-refractivity contribution in [2.45, 2.75) is 51.9 Å². The molecule has 0 spiro atoms. The predicted molar refractivity (Wildman–Crippen MR) is 98.5 cm³/mol. The molecule has 2 aliphatic rings. The summed E-state index contributed by atoms with van der Waals surface area (Å²) in [5.74, 6) is -0.731. The molecular formula is C19H31N3O4. The summed E-state index contributed by atoms with van der Waals surface area (Å²) >= 11 is 0. The number of urea groups is 1. The minimum absolute atomic E-state index is 0.120. The minimum atomic E-state index is -0.453. The van der Waals surface area contributed by atoms with Crippen LogP contribution in [0.1, 0.15) is 51.9 Å². The third-order valence-electron chi connectivity index (χ3n) is 4.86. The molecule has 2 N–H and O–H groups in total. The Morgan fingerprint density at radius 2 is 2.12 bits per heavy atom. The van der Waals surface area contributed by atoms with Crippen molar-refractivity contribution < 1.29 is 19.1 Å². The average Bonchev–Trinajstić information content (AvgIpc) is 2.63. The summed E-state index contributed by atoms with van der Waals surface area (Å²) in [7, 11) is 0. The lowest BCUT2D eigenvalue weighted by atomic mass is 9.97. The fourth-order valence-electron chi connectivity index (χ4n) is 3.53. The van der Waals surface area contributed by atoms with Gasteiger partial charge in [-0.05, 0) is 58.4 Å². The number of hydrogen-bond acceptors (Lipinski definition) is 5. The first-order chi connectivity index (χ1) is 12.6. The number of hydrogen-bond donors (Lipinski definition) is 2. The van der Waals surface area contributed by atoms with Gasteiger partial charge in [-0.3, -0.25) is 19.8 Å². The number of amides is 3. The lowest BCUT2D eigenvalue weighted by Gasteiger charge is -2.30. The molecule has 0 aromatic rings. The van der Waals surface area contributed by atoms with Crippen molar-refractivity contribution in [1.82, 2.24) is 15.5 Å². The standard InChI is InChI=1S/C19H31N3O4/c1-2-26-18(24)16-9-6-12-22(13-16)14-17(23)21-19(25)20-11-10-15-7-4-3-5-8-15/h7,16H,2-6,8-14H2,1H3,(H2,20,21,23,25)/t16-/m0/s1. The molecule has 0 aromatic carbocycles. The first-order valence-electron chi connectivity index (χ1n) is 9.73. The summed E-state index contributed by atoms with van der Waals surface area (Å²) in [6, 6.07) is -0.453. The molecule has 146 valence electrons. The van der Waals surface area contributed by atoms with Gasteiger partial charge in [0.1, 0.15) is 0 Å². The molecule has 0 aromatic heterocycles. The SMILES string of the molecule is CCOC(=O)[C@H]1CCCN(CC(=O)NC(=O)NCCC2=CCCCC2)C1. The van der Waals surface area contributed by atoms with Crippen LogP contribution in [0, 0.1) is 5.92 Å². The Bertz CT molecular complexity index is 533. The molecule has 0 saturated carbocycles. The van der Waals surface area contributed by atoms with E-state index in [1.165, 1.54) is 18.4 Å². The fraction of sp³-hybridized carbons (Fsp3) is 0.737. The van der Waals surface area contributed by atoms with Gasteiger partial charge in [0.05, 0.1) is 19.1 Å². The fourth-order valence-corrected chi connectivity index (χ4v) is 3.53. The summed E-state index contributed by atoms with van der Waals surface area (Å²) in [6.07, 6.45) is 9.44. The van der Waals surface area contributed by atoms with Crippen LogP contribution in [0.5, 0.6) is 0 Å². The second-order valence-electron chi connectivity index (χ2n) is 6.99. The van der Waals surface area contributed by atoms with Crippen LogP contribution in [0.4, 0.5) is 4.79 Å². The maximum absolute atomic E-state index is 12.0. The highest BCUT2D eigenvalue weighted by molar-refractivity contribution is 5.95. The highest BCUT2D eigenvalue weighted by Gasteiger charge is 2.27. The van der Waals surface area contributed by atoms with Crippen LogP contribution in [0.25, 0.3) is 0 Å². The number of esters is 1. The van der Waals surface area contributed by atoms with E-state index in [9.17, 15) is 14.4 Å². The van der Waals surface area contributed by atoms with E-state index in [-0.39, 0.29) is 24.3 Å². The smallest absolute Gasteiger partial charge is 0.321 e. The Labute approximate surface area is 155 Å². The van der Waals surface area contributed by atoms with Gasteiger partial charge in [-0.2, -0.15) is 0 Å². The molecule has 1 aliphatic carbocycles. The van der Waals surface area contributed by atoms with Gasteiger partial charge in [-0.15, -0.1) is 0 Å². The monoisotopic (exact) mass is 365 g/mol.